The first kappa shape index (κ1) is 14.2. The molecule has 4 nitrogen and oxygen atoms in total. The Morgan fingerprint density at radius 3 is 2.84 bits per heavy atom. The summed E-state index contributed by atoms with van der Waals surface area (Å²) in [5.41, 5.74) is 3.51. The summed E-state index contributed by atoms with van der Waals surface area (Å²) in [5, 5.41) is 3.35. The van der Waals surface area contributed by atoms with Gasteiger partial charge in [0, 0.05) is 31.9 Å². The van der Waals surface area contributed by atoms with E-state index in [0.717, 1.165) is 31.9 Å². The Morgan fingerprint density at radius 2 is 2.11 bits per heavy atom. The minimum Gasteiger partial charge on any atom is -0.317 e. The Morgan fingerprint density at radius 1 is 1.32 bits per heavy atom. The number of anilines is 1. The van der Waals surface area contributed by atoms with Crippen molar-refractivity contribution >= 4 is 24.1 Å². The highest BCUT2D eigenvalue weighted by Gasteiger charge is 2.39. The molecule has 3 rings (SSSR count). The molecule has 1 atom stereocenters. The van der Waals surface area contributed by atoms with Crippen molar-refractivity contribution in [3.63, 3.8) is 0 Å². The van der Waals surface area contributed by atoms with Crippen molar-refractivity contribution < 1.29 is 4.79 Å². The maximum absolute atomic E-state index is 12.4. The number of nitrogens with one attached hydrogen (secondary N) is 1. The molecule has 2 fully saturated rings. The number of benzene rings is 1. The van der Waals surface area contributed by atoms with E-state index in [4.69, 9.17) is 0 Å². The topological polar surface area (TPSA) is 35.6 Å². The first-order valence-corrected chi connectivity index (χ1v) is 6.53. The fraction of sp³-hybridized carbons (Fsp3) is 0.500. The number of aryl methyl sites for hydroxylation is 1. The summed E-state index contributed by atoms with van der Waals surface area (Å²) in [7, 11) is 0. The lowest BCUT2D eigenvalue weighted by Crippen LogP contribution is -2.49. The second-order valence-electron chi connectivity index (χ2n) is 5.16. The third-order valence-electron chi connectivity index (χ3n) is 4.09. The van der Waals surface area contributed by atoms with Gasteiger partial charge in [0.1, 0.15) is 0 Å². The number of urea groups is 1. The Kier molecular flexibility index (Phi) is 4.02. The molecule has 0 aromatic heterocycles. The smallest absolute Gasteiger partial charge is 0.317 e. The van der Waals surface area contributed by atoms with E-state index in [1.54, 1.807) is 0 Å². The molecule has 2 heterocycles. The Balaban J connectivity index is 0.00000133. The zero-order valence-electron chi connectivity index (χ0n) is 11.3. The predicted octanol–water partition coefficient (Wildman–Crippen LogP) is 1.94. The van der Waals surface area contributed by atoms with Crippen LogP contribution in [0.25, 0.3) is 0 Å². The fourth-order valence-electron chi connectivity index (χ4n) is 2.85. The highest BCUT2D eigenvalue weighted by atomic mass is 35.5. The number of piperazine rings is 1. The lowest BCUT2D eigenvalue weighted by Gasteiger charge is -2.28. The van der Waals surface area contributed by atoms with Crippen molar-refractivity contribution in [1.29, 1.82) is 0 Å². The number of carbonyl (C=O) groups is 1. The van der Waals surface area contributed by atoms with E-state index in [0.29, 0.717) is 6.04 Å². The largest absolute Gasteiger partial charge is 0.324 e. The molecule has 5 heteroatoms. The number of carbonyl (C=O) groups excluding carboxylic acids is 1. The Bertz CT molecular complexity index is 492. The number of rotatable bonds is 1. The highest BCUT2D eigenvalue weighted by Crippen LogP contribution is 2.28. The summed E-state index contributed by atoms with van der Waals surface area (Å²) in [6, 6.07) is 6.65. The maximum atomic E-state index is 12.4. The van der Waals surface area contributed by atoms with E-state index < -0.39 is 0 Å². The number of fused-ring (bicyclic) bond motifs is 1. The molecule has 2 aliphatic rings. The van der Waals surface area contributed by atoms with Gasteiger partial charge in [-0.05, 0) is 31.0 Å². The van der Waals surface area contributed by atoms with Gasteiger partial charge in [0.05, 0.1) is 6.04 Å². The van der Waals surface area contributed by atoms with Gasteiger partial charge in [-0.25, -0.2) is 4.79 Å². The van der Waals surface area contributed by atoms with Crippen molar-refractivity contribution in [2.75, 3.05) is 31.1 Å². The van der Waals surface area contributed by atoms with Crippen LogP contribution < -0.4 is 10.2 Å². The summed E-state index contributed by atoms with van der Waals surface area (Å²) in [4.78, 5) is 16.4. The van der Waals surface area contributed by atoms with Gasteiger partial charge >= 0.3 is 6.03 Å². The average Bonchev–Trinajstić information content (AvgIpc) is 2.71. The van der Waals surface area contributed by atoms with Gasteiger partial charge in [-0.3, -0.25) is 4.90 Å². The number of halogens is 1. The molecule has 1 unspecified atom stereocenters. The number of amides is 2. The van der Waals surface area contributed by atoms with Gasteiger partial charge in [-0.2, -0.15) is 0 Å². The van der Waals surface area contributed by atoms with E-state index in [1.165, 1.54) is 11.1 Å². The third-order valence-corrected chi connectivity index (χ3v) is 4.09. The van der Waals surface area contributed by atoms with Crippen LogP contribution in [0.4, 0.5) is 10.5 Å². The average molecular weight is 282 g/mol. The van der Waals surface area contributed by atoms with Crippen molar-refractivity contribution in [3.8, 4) is 0 Å². The Hall–Kier alpha value is -1.26. The normalized spacial score (nSPS) is 22.2. The summed E-state index contributed by atoms with van der Waals surface area (Å²) < 4.78 is 0. The zero-order chi connectivity index (χ0) is 12.7. The summed E-state index contributed by atoms with van der Waals surface area (Å²) in [6.07, 6.45) is 0. The molecule has 2 saturated heterocycles. The molecule has 104 valence electrons. The zero-order valence-corrected chi connectivity index (χ0v) is 12.2. The molecule has 0 saturated carbocycles. The van der Waals surface area contributed by atoms with Gasteiger partial charge in [0.25, 0.3) is 0 Å². The van der Waals surface area contributed by atoms with Crippen LogP contribution in [0, 0.1) is 13.8 Å². The maximum Gasteiger partial charge on any atom is 0.324 e. The van der Waals surface area contributed by atoms with Crippen LogP contribution in [0.15, 0.2) is 18.2 Å². The standard InChI is InChI=1S/C14H19N3O.ClH/c1-10-4-3-5-13(11(10)2)17-9-12-8-15-6-7-16(12)14(17)18;/h3-5,12,15H,6-9H2,1-2H3;1H. The van der Waals surface area contributed by atoms with Crippen LogP contribution in [-0.4, -0.2) is 43.2 Å². The lowest BCUT2D eigenvalue weighted by atomic mass is 10.1. The third kappa shape index (κ3) is 2.30. The van der Waals surface area contributed by atoms with Crippen LogP contribution in [0.2, 0.25) is 0 Å². The molecular weight excluding hydrogens is 262 g/mol. The van der Waals surface area contributed by atoms with Gasteiger partial charge < -0.3 is 10.2 Å². The van der Waals surface area contributed by atoms with Crippen molar-refractivity contribution in [2.45, 2.75) is 19.9 Å². The van der Waals surface area contributed by atoms with Crippen LogP contribution >= 0.6 is 12.4 Å². The number of hydrogen-bond donors (Lipinski definition) is 1. The minimum absolute atomic E-state index is 0. The van der Waals surface area contributed by atoms with E-state index in [1.807, 2.05) is 21.9 Å². The SMILES string of the molecule is Cc1cccc(N2CC3CNCCN3C2=O)c1C.Cl. The van der Waals surface area contributed by atoms with Gasteiger partial charge in [-0.15, -0.1) is 12.4 Å². The van der Waals surface area contributed by atoms with Crippen LogP contribution in [0.3, 0.4) is 0 Å². The first-order chi connectivity index (χ1) is 8.68. The van der Waals surface area contributed by atoms with Gasteiger partial charge in [0.15, 0.2) is 0 Å². The molecule has 0 spiro atoms. The highest BCUT2D eigenvalue weighted by molar-refractivity contribution is 5.95. The van der Waals surface area contributed by atoms with Gasteiger partial charge in [0.2, 0.25) is 0 Å². The molecule has 1 N–H and O–H groups in total. The van der Waals surface area contributed by atoms with Crippen molar-refractivity contribution in [3.05, 3.63) is 29.3 Å². The molecule has 2 aliphatic heterocycles. The molecular formula is C14H20ClN3O. The summed E-state index contributed by atoms with van der Waals surface area (Å²) in [5.74, 6) is 0. The van der Waals surface area contributed by atoms with Crippen molar-refractivity contribution in [2.24, 2.45) is 0 Å². The minimum atomic E-state index is 0. The Labute approximate surface area is 120 Å². The first-order valence-electron chi connectivity index (χ1n) is 6.53. The number of nitrogens with zero attached hydrogens (tertiary/aromatic N) is 2. The molecule has 0 radical (unpaired) electrons. The number of hydrogen-bond acceptors (Lipinski definition) is 2. The summed E-state index contributed by atoms with van der Waals surface area (Å²) >= 11 is 0. The molecule has 19 heavy (non-hydrogen) atoms. The quantitative estimate of drug-likeness (QED) is 0.854. The van der Waals surface area contributed by atoms with Gasteiger partial charge in [-0.1, -0.05) is 12.1 Å². The molecule has 1 aromatic rings. The van der Waals surface area contributed by atoms with Crippen LogP contribution in [0.5, 0.6) is 0 Å². The van der Waals surface area contributed by atoms with E-state index in [9.17, 15) is 4.79 Å². The molecule has 2 amide bonds. The fourth-order valence-corrected chi connectivity index (χ4v) is 2.85. The van der Waals surface area contributed by atoms with Crippen molar-refractivity contribution in [1.82, 2.24) is 10.2 Å². The van der Waals surface area contributed by atoms with Crippen LogP contribution in [0.1, 0.15) is 11.1 Å². The molecule has 0 aliphatic carbocycles. The van der Waals surface area contributed by atoms with Crippen LogP contribution in [-0.2, 0) is 0 Å². The second kappa shape index (κ2) is 5.39. The molecule has 1 aromatic carbocycles. The van der Waals surface area contributed by atoms with E-state index in [2.05, 4.69) is 25.2 Å². The molecule has 0 bridgehead atoms. The van der Waals surface area contributed by atoms with E-state index >= 15 is 0 Å². The monoisotopic (exact) mass is 281 g/mol. The lowest BCUT2D eigenvalue weighted by molar-refractivity contribution is 0.193. The summed E-state index contributed by atoms with van der Waals surface area (Å²) in [6.45, 7) is 7.62. The second-order valence-corrected chi connectivity index (χ2v) is 5.16. The predicted molar refractivity (Wildman–Crippen MR) is 79.3 cm³/mol. The van der Waals surface area contributed by atoms with E-state index in [-0.39, 0.29) is 18.4 Å².